The van der Waals surface area contributed by atoms with Crippen LogP contribution >= 0.6 is 0 Å². The number of Topliss-reactive ketones (excluding diaryl/α,β-unsaturated/α-hetero) is 1. The third kappa shape index (κ3) is 2.98. The predicted molar refractivity (Wildman–Crippen MR) is 47.6 cm³/mol. The lowest BCUT2D eigenvalue weighted by Gasteiger charge is -2.29. The standard InChI is InChI=1S/C8H16N2O2/c1-5-7(11)6-8(2,3)10(4)9-12/h5-6H2,1-4H3. The molecule has 0 aromatic heterocycles. The molecule has 0 bridgehead atoms. The maximum atomic E-state index is 11.1. The quantitative estimate of drug-likeness (QED) is 0.469. The molecule has 0 unspecified atom stereocenters. The van der Waals surface area contributed by atoms with Gasteiger partial charge in [-0.05, 0) is 13.8 Å². The average Bonchev–Trinajstić information content (AvgIpc) is 2.02. The van der Waals surface area contributed by atoms with Crippen molar-refractivity contribution in [2.75, 3.05) is 7.05 Å². The van der Waals surface area contributed by atoms with Gasteiger partial charge in [0.2, 0.25) is 0 Å². The Morgan fingerprint density at radius 3 is 2.33 bits per heavy atom. The van der Waals surface area contributed by atoms with E-state index in [0.29, 0.717) is 12.8 Å². The Hall–Kier alpha value is -0.930. The molecule has 0 aliphatic carbocycles. The molecule has 0 saturated heterocycles. The minimum atomic E-state index is -0.463. The molecule has 0 aromatic carbocycles. The Bertz CT molecular complexity index is 178. The molecule has 0 amide bonds. The van der Waals surface area contributed by atoms with Crippen LogP contribution in [0.3, 0.4) is 0 Å². The van der Waals surface area contributed by atoms with E-state index in [4.69, 9.17) is 0 Å². The molecule has 0 radical (unpaired) electrons. The number of ketones is 1. The highest BCUT2D eigenvalue weighted by Gasteiger charge is 2.26. The minimum Gasteiger partial charge on any atom is -0.300 e. The Morgan fingerprint density at radius 2 is 2.00 bits per heavy atom. The van der Waals surface area contributed by atoms with Crippen LogP contribution in [-0.2, 0) is 4.79 Å². The summed E-state index contributed by atoms with van der Waals surface area (Å²) in [7, 11) is 1.58. The second kappa shape index (κ2) is 4.18. The van der Waals surface area contributed by atoms with Crippen LogP contribution in [0, 0.1) is 4.91 Å². The zero-order chi connectivity index (χ0) is 9.78. The summed E-state index contributed by atoms with van der Waals surface area (Å²) in [5.74, 6) is 0.149. The molecule has 0 heterocycles. The highest BCUT2D eigenvalue weighted by Crippen LogP contribution is 2.18. The summed E-state index contributed by atoms with van der Waals surface area (Å²) in [5.41, 5.74) is -0.463. The third-order valence-corrected chi connectivity index (χ3v) is 2.02. The summed E-state index contributed by atoms with van der Waals surface area (Å²) in [5, 5.41) is 4.06. The van der Waals surface area contributed by atoms with E-state index in [-0.39, 0.29) is 5.78 Å². The molecule has 0 spiro atoms. The highest BCUT2D eigenvalue weighted by atomic mass is 16.3. The van der Waals surface area contributed by atoms with Gasteiger partial charge < -0.3 is 0 Å². The number of carbonyl (C=O) groups is 1. The first-order chi connectivity index (χ1) is 5.44. The van der Waals surface area contributed by atoms with Crippen molar-refractivity contribution >= 4 is 5.78 Å². The van der Waals surface area contributed by atoms with E-state index in [1.54, 1.807) is 7.05 Å². The lowest BCUT2D eigenvalue weighted by Crippen LogP contribution is -2.39. The molecule has 0 aliphatic rings. The van der Waals surface area contributed by atoms with Crippen LogP contribution in [0.4, 0.5) is 0 Å². The number of hydrogen-bond donors (Lipinski definition) is 0. The van der Waals surface area contributed by atoms with Gasteiger partial charge in [-0.2, -0.15) is 0 Å². The molecule has 0 atom stereocenters. The summed E-state index contributed by atoms with van der Waals surface area (Å²) in [6, 6.07) is 0. The van der Waals surface area contributed by atoms with Crippen molar-refractivity contribution in [3.8, 4) is 0 Å². The first kappa shape index (κ1) is 11.1. The molecule has 0 rings (SSSR count). The van der Waals surface area contributed by atoms with Crippen LogP contribution in [0.1, 0.15) is 33.6 Å². The minimum absolute atomic E-state index is 0.149. The van der Waals surface area contributed by atoms with Gasteiger partial charge in [-0.3, -0.25) is 9.80 Å². The van der Waals surface area contributed by atoms with Gasteiger partial charge in [0.25, 0.3) is 0 Å². The Balaban J connectivity index is 4.20. The Kier molecular flexibility index (Phi) is 3.86. The van der Waals surface area contributed by atoms with Crippen molar-refractivity contribution in [3.05, 3.63) is 4.91 Å². The Morgan fingerprint density at radius 1 is 1.50 bits per heavy atom. The summed E-state index contributed by atoms with van der Waals surface area (Å²) in [4.78, 5) is 21.3. The SMILES string of the molecule is CCC(=O)CC(C)(C)N(C)N=O. The number of rotatable bonds is 5. The summed E-state index contributed by atoms with van der Waals surface area (Å²) in [6.07, 6.45) is 0.877. The normalized spacial score (nSPS) is 11.0. The highest BCUT2D eigenvalue weighted by molar-refractivity contribution is 5.79. The number of carbonyl (C=O) groups excluding carboxylic acids is 1. The van der Waals surface area contributed by atoms with E-state index in [1.807, 2.05) is 20.8 Å². The zero-order valence-electron chi connectivity index (χ0n) is 8.13. The molecule has 70 valence electrons. The predicted octanol–water partition coefficient (Wildman–Crippen LogP) is 1.75. The van der Waals surface area contributed by atoms with Gasteiger partial charge in [0.05, 0.1) is 10.8 Å². The number of nitrogens with zero attached hydrogens (tertiary/aromatic N) is 2. The number of nitroso groups, excluding NO2 is 1. The zero-order valence-corrected chi connectivity index (χ0v) is 8.13. The second-order valence-electron chi connectivity index (χ2n) is 3.49. The van der Waals surface area contributed by atoms with Crippen LogP contribution in [0.2, 0.25) is 0 Å². The molecule has 4 heteroatoms. The van der Waals surface area contributed by atoms with Crippen molar-refractivity contribution in [3.63, 3.8) is 0 Å². The smallest absolute Gasteiger partial charge is 0.135 e. The first-order valence-electron chi connectivity index (χ1n) is 4.03. The molecule has 0 aromatic rings. The topological polar surface area (TPSA) is 49.7 Å². The maximum Gasteiger partial charge on any atom is 0.135 e. The molecular weight excluding hydrogens is 156 g/mol. The van der Waals surface area contributed by atoms with Gasteiger partial charge in [0.15, 0.2) is 0 Å². The van der Waals surface area contributed by atoms with Crippen LogP contribution < -0.4 is 0 Å². The first-order valence-corrected chi connectivity index (χ1v) is 4.03. The van der Waals surface area contributed by atoms with Crippen LogP contribution in [0.15, 0.2) is 5.29 Å². The van der Waals surface area contributed by atoms with Crippen molar-refractivity contribution in [2.24, 2.45) is 5.29 Å². The van der Waals surface area contributed by atoms with E-state index < -0.39 is 5.54 Å². The van der Waals surface area contributed by atoms with Crippen LogP contribution in [0.5, 0.6) is 0 Å². The number of hydrogen-bond acceptors (Lipinski definition) is 3. The van der Waals surface area contributed by atoms with Gasteiger partial charge in [-0.1, -0.05) is 6.92 Å². The van der Waals surface area contributed by atoms with Gasteiger partial charge in [0.1, 0.15) is 5.78 Å². The van der Waals surface area contributed by atoms with E-state index in [0.717, 1.165) is 0 Å². The molecule has 0 N–H and O–H groups in total. The van der Waals surface area contributed by atoms with E-state index >= 15 is 0 Å². The lowest BCUT2D eigenvalue weighted by atomic mass is 9.96. The summed E-state index contributed by atoms with van der Waals surface area (Å²) >= 11 is 0. The Labute approximate surface area is 72.9 Å². The molecule has 4 nitrogen and oxygen atoms in total. The largest absolute Gasteiger partial charge is 0.300 e. The van der Waals surface area contributed by atoms with Gasteiger partial charge in [-0.25, -0.2) is 0 Å². The molecule has 0 fully saturated rings. The monoisotopic (exact) mass is 172 g/mol. The van der Waals surface area contributed by atoms with Crippen LogP contribution in [0.25, 0.3) is 0 Å². The van der Waals surface area contributed by atoms with Crippen molar-refractivity contribution in [1.29, 1.82) is 0 Å². The maximum absolute atomic E-state index is 11.1. The molecule has 0 saturated carbocycles. The van der Waals surface area contributed by atoms with Crippen molar-refractivity contribution in [1.82, 2.24) is 5.01 Å². The fraction of sp³-hybridized carbons (Fsp3) is 0.875. The molecular formula is C8H16N2O2. The van der Waals surface area contributed by atoms with E-state index in [9.17, 15) is 9.70 Å². The van der Waals surface area contributed by atoms with E-state index in [1.165, 1.54) is 5.01 Å². The second-order valence-corrected chi connectivity index (χ2v) is 3.49. The van der Waals surface area contributed by atoms with Crippen molar-refractivity contribution < 1.29 is 4.79 Å². The van der Waals surface area contributed by atoms with Gasteiger partial charge in [-0.15, -0.1) is 4.91 Å². The van der Waals surface area contributed by atoms with Crippen molar-refractivity contribution in [2.45, 2.75) is 39.2 Å². The third-order valence-electron chi connectivity index (χ3n) is 2.02. The summed E-state index contributed by atoms with van der Waals surface area (Å²) < 4.78 is 0. The average molecular weight is 172 g/mol. The fourth-order valence-electron chi connectivity index (χ4n) is 0.832. The van der Waals surface area contributed by atoms with Crippen LogP contribution in [-0.4, -0.2) is 23.4 Å². The summed E-state index contributed by atoms with van der Waals surface area (Å²) in [6.45, 7) is 5.46. The molecule has 12 heavy (non-hydrogen) atoms. The lowest BCUT2D eigenvalue weighted by molar-refractivity contribution is -0.121. The van der Waals surface area contributed by atoms with E-state index in [2.05, 4.69) is 5.29 Å². The van der Waals surface area contributed by atoms with Gasteiger partial charge in [0, 0.05) is 19.9 Å². The molecule has 0 aliphatic heterocycles. The fourth-order valence-corrected chi connectivity index (χ4v) is 0.832. The van der Waals surface area contributed by atoms with Gasteiger partial charge >= 0.3 is 0 Å².